The van der Waals surface area contributed by atoms with Crippen molar-refractivity contribution >= 4 is 21.6 Å². The van der Waals surface area contributed by atoms with Crippen LogP contribution in [-0.2, 0) is 6.61 Å². The Kier molecular flexibility index (Phi) is 4.86. The second-order valence-corrected chi connectivity index (χ2v) is 7.54. The van der Waals surface area contributed by atoms with Gasteiger partial charge in [-0.15, -0.1) is 11.3 Å². The van der Waals surface area contributed by atoms with Crippen LogP contribution >= 0.6 is 11.3 Å². The number of hydrogen-bond donors (Lipinski definition) is 0. The molecule has 30 heavy (non-hydrogen) atoms. The number of rotatable bonds is 6. The number of aromatic nitrogens is 3. The summed E-state index contributed by atoms with van der Waals surface area (Å²) in [4.78, 5) is 9.09. The lowest BCUT2D eigenvalue weighted by Crippen LogP contribution is -1.96. The summed E-state index contributed by atoms with van der Waals surface area (Å²) in [6.07, 6.45) is 0. The summed E-state index contributed by atoms with van der Waals surface area (Å²) in [5, 5.41) is 5.02. The standard InChI is InChI=1S/C23H17N3O3S/c1-27-19-8-4-2-6-17(19)22-25-21(29-26-22)14-28-16-12-10-15(11-13-16)23-24-18-7-3-5-9-20(18)30-23/h2-13H,14H2,1H3. The predicted molar refractivity (Wildman–Crippen MR) is 116 cm³/mol. The quantitative estimate of drug-likeness (QED) is 0.359. The molecule has 5 rings (SSSR count). The van der Waals surface area contributed by atoms with E-state index in [2.05, 4.69) is 21.2 Å². The number of nitrogens with zero attached hydrogens (tertiary/aromatic N) is 3. The third-order valence-electron chi connectivity index (χ3n) is 4.57. The van der Waals surface area contributed by atoms with Gasteiger partial charge in [0.15, 0.2) is 6.61 Å². The number of ether oxygens (including phenoxy) is 2. The van der Waals surface area contributed by atoms with Crippen LogP contribution in [0.3, 0.4) is 0 Å². The van der Waals surface area contributed by atoms with Crippen molar-refractivity contribution < 1.29 is 14.0 Å². The summed E-state index contributed by atoms with van der Waals surface area (Å²) < 4.78 is 17.6. The van der Waals surface area contributed by atoms with Crippen molar-refractivity contribution in [2.45, 2.75) is 6.61 Å². The van der Waals surface area contributed by atoms with Crippen LogP contribution in [0.15, 0.2) is 77.3 Å². The van der Waals surface area contributed by atoms with Crippen LogP contribution in [0, 0.1) is 0 Å². The minimum absolute atomic E-state index is 0.183. The molecular formula is C23H17N3O3S. The maximum atomic E-state index is 5.80. The van der Waals surface area contributed by atoms with E-state index in [1.165, 1.54) is 4.70 Å². The lowest BCUT2D eigenvalue weighted by atomic mass is 10.2. The lowest BCUT2D eigenvalue weighted by molar-refractivity contribution is 0.243. The van der Waals surface area contributed by atoms with E-state index < -0.39 is 0 Å². The number of hydrogen-bond acceptors (Lipinski definition) is 7. The van der Waals surface area contributed by atoms with Crippen molar-refractivity contribution in [3.8, 4) is 33.5 Å². The molecule has 0 aliphatic carbocycles. The maximum absolute atomic E-state index is 5.80. The molecule has 5 aromatic rings. The van der Waals surface area contributed by atoms with Gasteiger partial charge in [-0.05, 0) is 48.5 Å². The van der Waals surface area contributed by atoms with E-state index in [0.717, 1.165) is 27.4 Å². The van der Waals surface area contributed by atoms with Gasteiger partial charge in [-0.3, -0.25) is 0 Å². The first kappa shape index (κ1) is 18.3. The summed E-state index contributed by atoms with van der Waals surface area (Å²) in [7, 11) is 1.61. The number of fused-ring (bicyclic) bond motifs is 1. The van der Waals surface area contributed by atoms with Gasteiger partial charge in [0.25, 0.3) is 5.89 Å². The number of thiazole rings is 1. The molecule has 0 aliphatic heterocycles. The summed E-state index contributed by atoms with van der Waals surface area (Å²) in [6, 6.07) is 23.5. The molecule has 7 heteroatoms. The monoisotopic (exact) mass is 415 g/mol. The van der Waals surface area contributed by atoms with Crippen molar-refractivity contribution in [2.24, 2.45) is 0 Å². The smallest absolute Gasteiger partial charge is 0.264 e. The van der Waals surface area contributed by atoms with E-state index in [1.54, 1.807) is 18.4 Å². The molecule has 0 saturated carbocycles. The van der Waals surface area contributed by atoms with Gasteiger partial charge in [0.2, 0.25) is 5.82 Å². The topological polar surface area (TPSA) is 70.3 Å². The van der Waals surface area contributed by atoms with Crippen LogP contribution in [0.5, 0.6) is 11.5 Å². The maximum Gasteiger partial charge on any atom is 0.264 e. The van der Waals surface area contributed by atoms with E-state index in [1.807, 2.05) is 66.7 Å². The molecule has 0 saturated heterocycles. The van der Waals surface area contributed by atoms with E-state index >= 15 is 0 Å². The van der Waals surface area contributed by atoms with Crippen molar-refractivity contribution in [1.29, 1.82) is 0 Å². The molecule has 2 aromatic heterocycles. The SMILES string of the molecule is COc1ccccc1-c1noc(COc2ccc(-c3nc4ccccc4s3)cc2)n1. The Labute approximate surface area is 176 Å². The average Bonchev–Trinajstić information content (AvgIpc) is 3.45. The van der Waals surface area contributed by atoms with E-state index in [4.69, 9.17) is 14.0 Å². The molecule has 0 bridgehead atoms. The van der Waals surface area contributed by atoms with E-state index in [-0.39, 0.29) is 6.61 Å². The summed E-state index contributed by atoms with van der Waals surface area (Å²) >= 11 is 1.67. The van der Waals surface area contributed by atoms with Gasteiger partial charge in [0.1, 0.15) is 16.5 Å². The highest BCUT2D eigenvalue weighted by atomic mass is 32.1. The zero-order valence-corrected chi connectivity index (χ0v) is 16.9. The fourth-order valence-corrected chi connectivity index (χ4v) is 4.06. The molecule has 2 heterocycles. The highest BCUT2D eigenvalue weighted by molar-refractivity contribution is 7.21. The molecule has 3 aromatic carbocycles. The normalized spacial score (nSPS) is 11.0. The lowest BCUT2D eigenvalue weighted by Gasteiger charge is -2.04. The summed E-state index contributed by atoms with van der Waals surface area (Å²) in [6.45, 7) is 0.183. The van der Waals surface area contributed by atoms with Crippen LogP contribution in [0.1, 0.15) is 5.89 Å². The molecule has 0 fully saturated rings. The van der Waals surface area contributed by atoms with E-state index in [0.29, 0.717) is 17.5 Å². The van der Waals surface area contributed by atoms with Gasteiger partial charge >= 0.3 is 0 Å². The van der Waals surface area contributed by atoms with Crippen molar-refractivity contribution in [3.63, 3.8) is 0 Å². The number of para-hydroxylation sites is 2. The first-order valence-electron chi connectivity index (χ1n) is 9.35. The number of benzene rings is 3. The van der Waals surface area contributed by atoms with Crippen LogP contribution in [0.25, 0.3) is 32.2 Å². The van der Waals surface area contributed by atoms with Gasteiger partial charge in [0.05, 0.1) is 22.9 Å². The first-order valence-corrected chi connectivity index (χ1v) is 10.2. The zero-order valence-electron chi connectivity index (χ0n) is 16.1. The second kappa shape index (κ2) is 7.96. The summed E-state index contributed by atoms with van der Waals surface area (Å²) in [5.74, 6) is 2.27. The van der Waals surface area contributed by atoms with Crippen LogP contribution < -0.4 is 9.47 Å². The molecule has 0 amide bonds. The molecular weight excluding hydrogens is 398 g/mol. The molecule has 148 valence electrons. The molecule has 6 nitrogen and oxygen atoms in total. The summed E-state index contributed by atoms with van der Waals surface area (Å²) in [5.41, 5.74) is 2.84. The molecule has 0 aliphatic rings. The molecule has 0 unspecified atom stereocenters. The Morgan fingerprint density at radius 2 is 1.70 bits per heavy atom. The molecule has 0 spiro atoms. The minimum atomic E-state index is 0.183. The van der Waals surface area contributed by atoms with Gasteiger partial charge in [-0.25, -0.2) is 4.98 Å². The number of methoxy groups -OCH3 is 1. The third-order valence-corrected chi connectivity index (χ3v) is 5.66. The van der Waals surface area contributed by atoms with E-state index in [9.17, 15) is 0 Å². The van der Waals surface area contributed by atoms with Crippen molar-refractivity contribution in [2.75, 3.05) is 7.11 Å². The Morgan fingerprint density at radius 3 is 2.53 bits per heavy atom. The largest absolute Gasteiger partial charge is 0.496 e. The van der Waals surface area contributed by atoms with Gasteiger partial charge < -0.3 is 14.0 Å². The highest BCUT2D eigenvalue weighted by Crippen LogP contribution is 2.31. The predicted octanol–water partition coefficient (Wildman–Crippen LogP) is 5.60. The Balaban J connectivity index is 1.27. The third kappa shape index (κ3) is 3.62. The molecule has 0 N–H and O–H groups in total. The molecule has 0 atom stereocenters. The Morgan fingerprint density at radius 1 is 0.900 bits per heavy atom. The zero-order chi connectivity index (χ0) is 20.3. The van der Waals surface area contributed by atoms with Crippen molar-refractivity contribution in [1.82, 2.24) is 15.1 Å². The fourth-order valence-electron chi connectivity index (χ4n) is 3.09. The van der Waals surface area contributed by atoms with Crippen molar-refractivity contribution in [3.05, 3.63) is 78.7 Å². The van der Waals surface area contributed by atoms with Gasteiger partial charge in [0, 0.05) is 5.56 Å². The Bertz CT molecular complexity index is 1260. The highest BCUT2D eigenvalue weighted by Gasteiger charge is 2.13. The van der Waals surface area contributed by atoms with Crippen LogP contribution in [0.2, 0.25) is 0 Å². The first-order chi connectivity index (χ1) is 14.8. The molecule has 0 radical (unpaired) electrons. The van der Waals surface area contributed by atoms with Gasteiger partial charge in [-0.2, -0.15) is 4.98 Å². The Hall–Kier alpha value is -3.71. The van der Waals surface area contributed by atoms with Crippen LogP contribution in [-0.4, -0.2) is 22.2 Å². The minimum Gasteiger partial charge on any atom is -0.496 e. The fraction of sp³-hybridized carbons (Fsp3) is 0.0870. The van der Waals surface area contributed by atoms with Gasteiger partial charge in [-0.1, -0.05) is 29.4 Å². The van der Waals surface area contributed by atoms with Crippen LogP contribution in [0.4, 0.5) is 0 Å². The second-order valence-electron chi connectivity index (χ2n) is 6.51. The average molecular weight is 415 g/mol.